The highest BCUT2D eigenvalue weighted by atomic mass is 32.2. The first kappa shape index (κ1) is 84.9. The molecule has 0 N–H and O–H groups in total. The molecule has 0 amide bonds. The SMILES string of the molecule is c1cc([S+](c2ccc(C3CCCCC3)cc2)c2ccc(C3CCCCC3)cc2)ccc1C1CCCCC1.c1ccc([S+](c2ccc(C3CCCCC3)cc2)c2ccc(C3CCCCC3)cc2)cc1.c1ccc([S+](c2ccccc2)c2ccc(C3CC4CC3C3CCCC43)cc2)cc1.c1ccc([S+](c2ccccc2)c2ccc(C3CCCCC3)cc2)cc1. The van der Waals surface area contributed by atoms with Crippen LogP contribution in [0.15, 0.2) is 380 Å². The van der Waals surface area contributed by atoms with Gasteiger partial charge in [-0.05, 0) is 352 Å². The summed E-state index contributed by atoms with van der Waals surface area (Å²) in [6.45, 7) is 0. The monoisotopic (exact) mass is 1680 g/mol. The van der Waals surface area contributed by atoms with Crippen LogP contribution in [0.3, 0.4) is 0 Å². The molecule has 122 heavy (non-hydrogen) atoms. The van der Waals surface area contributed by atoms with Gasteiger partial charge in [-0.15, -0.1) is 0 Å². The lowest BCUT2D eigenvalue weighted by molar-refractivity contribution is 0.232. The third-order valence-corrected chi connectivity index (χ3v) is 38.9. The molecule has 21 rings (SSSR count). The van der Waals surface area contributed by atoms with E-state index in [-0.39, 0.29) is 43.6 Å². The van der Waals surface area contributed by atoms with Crippen molar-refractivity contribution < 1.29 is 0 Å². The van der Waals surface area contributed by atoms with E-state index in [1.54, 1.807) is 33.4 Å². The lowest BCUT2D eigenvalue weighted by Gasteiger charge is -2.31. The van der Waals surface area contributed by atoms with Gasteiger partial charge < -0.3 is 0 Å². The molecule has 0 saturated heterocycles. The van der Waals surface area contributed by atoms with E-state index in [1.807, 2.05) is 0 Å². The smallest absolute Gasteiger partial charge is 0.0619 e. The summed E-state index contributed by atoms with van der Waals surface area (Å²) in [6, 6.07) is 123. The summed E-state index contributed by atoms with van der Waals surface area (Å²) in [4.78, 5) is 17.1. The zero-order chi connectivity index (χ0) is 81.9. The highest BCUT2D eigenvalue weighted by molar-refractivity contribution is 7.98. The van der Waals surface area contributed by atoms with Gasteiger partial charge in [0.2, 0.25) is 0 Å². The molecule has 0 spiro atoms. The van der Waals surface area contributed by atoms with Gasteiger partial charge in [0.15, 0.2) is 58.7 Å². The first-order valence-corrected chi connectivity index (χ1v) is 53.4. The molecular formula is C118H134S4+4. The van der Waals surface area contributed by atoms with Crippen LogP contribution in [0.5, 0.6) is 0 Å². The third kappa shape index (κ3) is 21.1. The largest absolute Gasteiger partial charge is 0.166 e. The van der Waals surface area contributed by atoms with E-state index < -0.39 is 0 Å². The molecule has 5 atom stereocenters. The van der Waals surface area contributed by atoms with E-state index in [2.05, 4.69) is 322 Å². The molecule has 9 aliphatic carbocycles. The molecule has 0 aromatic heterocycles. The fourth-order valence-electron chi connectivity index (χ4n) is 23.6. The van der Waals surface area contributed by atoms with Crippen LogP contribution < -0.4 is 0 Å². The maximum Gasteiger partial charge on any atom is 0.166 e. The van der Waals surface area contributed by atoms with Gasteiger partial charge in [-0.3, -0.25) is 0 Å². The van der Waals surface area contributed by atoms with E-state index in [9.17, 15) is 0 Å². The Morgan fingerprint density at radius 2 is 0.320 bits per heavy atom. The molecule has 626 valence electrons. The van der Waals surface area contributed by atoms with Crippen LogP contribution >= 0.6 is 0 Å². The van der Waals surface area contributed by atoms with Crippen molar-refractivity contribution in [2.24, 2.45) is 23.7 Å². The average molecular weight is 1680 g/mol. The van der Waals surface area contributed by atoms with Crippen LogP contribution in [0.1, 0.15) is 305 Å². The molecule has 2 bridgehead atoms. The third-order valence-electron chi connectivity index (χ3n) is 30.0. The van der Waals surface area contributed by atoms with Crippen molar-refractivity contribution in [3.63, 3.8) is 0 Å². The second-order valence-corrected chi connectivity index (χ2v) is 45.6. The Hall–Kier alpha value is -7.96. The highest BCUT2D eigenvalue weighted by Gasteiger charge is 2.54. The zero-order valence-electron chi connectivity index (χ0n) is 72.8. The summed E-state index contributed by atoms with van der Waals surface area (Å²) in [7, 11) is -0.154. The van der Waals surface area contributed by atoms with Gasteiger partial charge in [-0.25, -0.2) is 0 Å². The molecule has 4 heteroatoms. The summed E-state index contributed by atoms with van der Waals surface area (Å²) in [6.07, 6.45) is 49.2. The van der Waals surface area contributed by atoms with Crippen LogP contribution in [0.25, 0.3) is 0 Å². The van der Waals surface area contributed by atoms with Gasteiger partial charge in [0.25, 0.3) is 0 Å². The Bertz CT molecular complexity index is 4770. The summed E-state index contributed by atoms with van der Waals surface area (Å²) < 4.78 is 0. The van der Waals surface area contributed by atoms with Crippen LogP contribution in [-0.4, -0.2) is 0 Å². The normalized spacial score (nSPS) is 21.1. The summed E-state index contributed by atoms with van der Waals surface area (Å²) in [5.41, 5.74) is 10.9. The fourth-order valence-corrected chi connectivity index (χ4v) is 31.9. The molecule has 0 aliphatic heterocycles. The quantitative estimate of drug-likeness (QED) is 0.0708. The van der Waals surface area contributed by atoms with Crippen molar-refractivity contribution in [3.05, 3.63) is 360 Å². The first-order valence-electron chi connectivity index (χ1n) is 48.5. The standard InChI is InChI=1S/C36H45S.C30H35S.C28H29S.C24H25S/c1-4-10-28(11-5-1)31-16-22-34(23-17-31)37(35-24-18-32(19-25-35)29-12-6-2-7-13-29)36-26-20-33(21-27-36)30-14-8-3-9-15-30;1-4-10-24(11-5-1)26-16-20-29(21-17-26)31(28-14-8-3-9-15-28)30-22-18-27(19-23-30)25-12-6-2-7-13-25;1-3-8-22(9-4-1)29(23-10-5-2-6-11-23)24-16-14-20(15-17-24)27-18-21-19-28(27)26-13-7-12-25(21)26;1-4-10-20(11-5-1)21-16-18-24(19-17-21)25(22-12-6-2-7-13-22)23-14-8-3-9-15-23/h16-30H,1-15H2;3,8-9,14-25H,1-2,4-7,10-13H2;1-6,8-11,14-17,21,25-28H,7,12-13,18-19H2;2-3,6-9,12-20H,1,4-5,10-11H2/q4*+1. The molecule has 9 saturated carbocycles. The predicted octanol–water partition coefficient (Wildman–Crippen LogP) is 34.0. The minimum Gasteiger partial charge on any atom is -0.0619 e. The Balaban J connectivity index is 0.000000112. The van der Waals surface area contributed by atoms with Crippen molar-refractivity contribution >= 4 is 43.6 Å². The van der Waals surface area contributed by atoms with E-state index in [4.69, 9.17) is 0 Å². The number of rotatable bonds is 19. The minimum absolute atomic E-state index is 0.0278. The molecule has 5 unspecified atom stereocenters. The van der Waals surface area contributed by atoms with E-state index in [1.165, 1.54) is 289 Å². The molecule has 9 fully saturated rings. The van der Waals surface area contributed by atoms with Gasteiger partial charge in [0, 0.05) is 0 Å². The number of hydrogen-bond acceptors (Lipinski definition) is 0. The van der Waals surface area contributed by atoms with Crippen LogP contribution in [0.2, 0.25) is 0 Å². The second-order valence-electron chi connectivity index (χ2n) is 37.5. The Labute approximate surface area is 746 Å². The Morgan fingerprint density at radius 1 is 0.139 bits per heavy atom. The summed E-state index contributed by atoms with van der Waals surface area (Å²) in [5, 5.41) is 0. The highest BCUT2D eigenvalue weighted by Crippen LogP contribution is 2.64. The van der Waals surface area contributed by atoms with Crippen molar-refractivity contribution in [2.75, 3.05) is 0 Å². The van der Waals surface area contributed by atoms with E-state index in [0.29, 0.717) is 0 Å². The van der Waals surface area contributed by atoms with Gasteiger partial charge in [-0.2, -0.15) is 0 Å². The zero-order valence-corrected chi connectivity index (χ0v) is 76.1. The Morgan fingerprint density at radius 3 is 0.525 bits per heavy atom. The predicted molar refractivity (Wildman–Crippen MR) is 521 cm³/mol. The topological polar surface area (TPSA) is 0 Å². The van der Waals surface area contributed by atoms with Gasteiger partial charge in [0.05, 0.1) is 43.6 Å². The van der Waals surface area contributed by atoms with Gasteiger partial charge in [-0.1, -0.05) is 298 Å². The number of hydrogen-bond donors (Lipinski definition) is 0. The second kappa shape index (κ2) is 42.8. The molecular weight excluding hydrogens is 1550 g/mol. The van der Waals surface area contributed by atoms with Crippen LogP contribution in [0.4, 0.5) is 0 Å². The minimum atomic E-state index is -0.0542. The molecule has 0 heterocycles. The van der Waals surface area contributed by atoms with E-state index >= 15 is 0 Å². The lowest BCUT2D eigenvalue weighted by Crippen LogP contribution is -2.23. The fraction of sp³-hybridized carbons (Fsp3) is 0.390. The molecule has 0 nitrogen and oxygen atoms in total. The first-order chi connectivity index (χ1) is 60.5. The molecule has 9 aliphatic rings. The summed E-state index contributed by atoms with van der Waals surface area (Å²) >= 11 is 0. The Kier molecular flexibility index (Phi) is 29.8. The maximum atomic E-state index is 2.47. The van der Waals surface area contributed by atoms with Crippen LogP contribution in [-0.2, 0) is 43.6 Å². The molecule has 12 aromatic rings. The number of fused-ring (bicyclic) bond motifs is 5. The van der Waals surface area contributed by atoms with E-state index in [0.717, 1.165) is 65.1 Å². The van der Waals surface area contributed by atoms with Crippen molar-refractivity contribution in [3.8, 4) is 0 Å². The van der Waals surface area contributed by atoms with Crippen LogP contribution in [0, 0.1) is 23.7 Å². The molecule has 12 aromatic carbocycles. The number of benzene rings is 12. The van der Waals surface area contributed by atoms with Crippen molar-refractivity contribution in [2.45, 2.75) is 325 Å². The van der Waals surface area contributed by atoms with Crippen molar-refractivity contribution in [1.29, 1.82) is 0 Å². The molecule has 0 radical (unpaired) electrons. The maximum absolute atomic E-state index is 2.47. The average Bonchev–Trinajstić information content (AvgIpc) is 1.59. The van der Waals surface area contributed by atoms with Gasteiger partial charge >= 0.3 is 0 Å². The van der Waals surface area contributed by atoms with Crippen molar-refractivity contribution in [1.82, 2.24) is 0 Å². The van der Waals surface area contributed by atoms with Gasteiger partial charge in [0.1, 0.15) is 0 Å². The lowest BCUT2D eigenvalue weighted by atomic mass is 9.73. The summed E-state index contributed by atoms with van der Waals surface area (Å²) in [5.74, 6) is 9.59.